The monoisotopic (exact) mass is 516 g/mol. The van der Waals surface area contributed by atoms with E-state index in [1.165, 1.54) is 35.1 Å². The number of piperazine rings is 1. The first-order chi connectivity index (χ1) is 16.5. The number of hydrogen-bond donors (Lipinski definition) is 0. The van der Waals surface area contributed by atoms with Crippen molar-refractivity contribution in [3.05, 3.63) is 50.1 Å². The van der Waals surface area contributed by atoms with Crippen molar-refractivity contribution in [3.8, 4) is 0 Å². The van der Waals surface area contributed by atoms with E-state index in [9.17, 15) is 4.79 Å². The molecule has 0 radical (unpaired) electrons. The zero-order valence-electron chi connectivity index (χ0n) is 19.7. The molecule has 1 saturated heterocycles. The highest BCUT2D eigenvalue weighted by Gasteiger charge is 2.28. The minimum Gasteiger partial charge on any atom is -0.352 e. The molecule has 0 N–H and O–H groups in total. The van der Waals surface area contributed by atoms with E-state index in [4.69, 9.17) is 33.2 Å². The van der Waals surface area contributed by atoms with Crippen LogP contribution < -0.4 is 4.90 Å². The second kappa shape index (κ2) is 10.00. The number of carbonyl (C=O) groups excluding carboxylic acids is 1. The van der Waals surface area contributed by atoms with Gasteiger partial charge in [-0.1, -0.05) is 43.5 Å². The van der Waals surface area contributed by atoms with Crippen molar-refractivity contribution in [2.45, 2.75) is 58.3 Å². The van der Waals surface area contributed by atoms with E-state index in [2.05, 4.69) is 18.7 Å². The van der Waals surface area contributed by atoms with Crippen molar-refractivity contribution in [1.82, 2.24) is 14.9 Å². The molecule has 1 fully saturated rings. The Morgan fingerprint density at radius 2 is 1.85 bits per heavy atom. The van der Waals surface area contributed by atoms with E-state index in [0.717, 1.165) is 48.8 Å². The van der Waals surface area contributed by atoms with Crippen molar-refractivity contribution in [3.63, 3.8) is 0 Å². The van der Waals surface area contributed by atoms with Crippen molar-refractivity contribution < 1.29 is 4.79 Å². The molecule has 1 atom stereocenters. The van der Waals surface area contributed by atoms with Crippen LogP contribution in [0.25, 0.3) is 10.2 Å². The first kappa shape index (κ1) is 23.8. The molecule has 1 amide bonds. The lowest BCUT2D eigenvalue weighted by Crippen LogP contribution is -2.49. The van der Waals surface area contributed by atoms with E-state index < -0.39 is 0 Å². The van der Waals surface area contributed by atoms with Crippen LogP contribution in [0.1, 0.15) is 72.1 Å². The highest BCUT2D eigenvalue weighted by molar-refractivity contribution is 7.19. The van der Waals surface area contributed by atoms with Gasteiger partial charge in [0.15, 0.2) is 0 Å². The summed E-state index contributed by atoms with van der Waals surface area (Å²) < 4.78 is 0. The number of benzene rings is 1. The van der Waals surface area contributed by atoms with Crippen LogP contribution in [0.4, 0.5) is 5.82 Å². The largest absolute Gasteiger partial charge is 0.352 e. The van der Waals surface area contributed by atoms with Crippen LogP contribution >= 0.6 is 34.5 Å². The Kier molecular flexibility index (Phi) is 7.01. The maximum absolute atomic E-state index is 13.1. The molecule has 0 saturated carbocycles. The van der Waals surface area contributed by atoms with Gasteiger partial charge < -0.3 is 9.80 Å². The van der Waals surface area contributed by atoms with Crippen LogP contribution in [0.2, 0.25) is 10.0 Å². The summed E-state index contributed by atoms with van der Waals surface area (Å²) in [5.41, 5.74) is 1.97. The van der Waals surface area contributed by atoms with E-state index in [1.807, 2.05) is 16.2 Å². The van der Waals surface area contributed by atoms with E-state index >= 15 is 0 Å². The van der Waals surface area contributed by atoms with Gasteiger partial charge in [0.25, 0.3) is 5.91 Å². The molecule has 5 rings (SSSR count). The van der Waals surface area contributed by atoms with Crippen molar-refractivity contribution in [1.29, 1.82) is 0 Å². The van der Waals surface area contributed by atoms with E-state index in [-0.39, 0.29) is 5.91 Å². The molecule has 1 aromatic carbocycles. The average molecular weight is 518 g/mol. The van der Waals surface area contributed by atoms with Gasteiger partial charge in [0.1, 0.15) is 16.5 Å². The number of nitrogens with zero attached hydrogens (tertiary/aromatic N) is 4. The number of carbonyl (C=O) groups is 1. The lowest BCUT2D eigenvalue weighted by Gasteiger charge is -2.36. The summed E-state index contributed by atoms with van der Waals surface area (Å²) in [6, 6.07) is 5.06. The number of anilines is 1. The number of fused-ring (bicyclic) bond motifs is 3. The number of hydrogen-bond acceptors (Lipinski definition) is 5. The molecule has 0 bridgehead atoms. The third-order valence-electron chi connectivity index (χ3n) is 7.14. The highest BCUT2D eigenvalue weighted by atomic mass is 35.5. The van der Waals surface area contributed by atoms with Gasteiger partial charge in [-0.05, 0) is 55.9 Å². The van der Waals surface area contributed by atoms with Gasteiger partial charge in [0.05, 0.1) is 16.0 Å². The Morgan fingerprint density at radius 1 is 1.09 bits per heavy atom. The van der Waals surface area contributed by atoms with E-state index in [0.29, 0.717) is 34.6 Å². The zero-order valence-corrected chi connectivity index (χ0v) is 22.1. The average Bonchev–Trinajstić information content (AvgIpc) is 3.03. The molecule has 3 aromatic rings. The van der Waals surface area contributed by atoms with Gasteiger partial charge in [-0.2, -0.15) is 0 Å². The SMILES string of the molecule is CCC(C)c1nc(N2CCN(C(=O)c3ccc(Cl)cc3Cl)CC2)c2c3c(sc2n1)CCCCC3. The van der Waals surface area contributed by atoms with Crippen LogP contribution in [0, 0.1) is 0 Å². The Bertz CT molecular complexity index is 1220. The topological polar surface area (TPSA) is 49.3 Å². The van der Waals surface area contributed by atoms with Crippen LogP contribution in [-0.2, 0) is 12.8 Å². The van der Waals surface area contributed by atoms with Gasteiger partial charge in [0.2, 0.25) is 0 Å². The zero-order chi connectivity index (χ0) is 23.8. The third kappa shape index (κ3) is 4.52. The molecule has 34 heavy (non-hydrogen) atoms. The number of amides is 1. The first-order valence-electron chi connectivity index (χ1n) is 12.3. The standard InChI is InChI=1S/C26H30Cl2N4OS/c1-3-16(2)23-29-24(22-19-7-5-4-6-8-21(19)34-25(22)30-23)31-11-13-32(14-12-31)26(33)18-10-9-17(27)15-20(18)28/h9-10,15-16H,3-8,11-14H2,1-2H3. The van der Waals surface area contributed by atoms with Gasteiger partial charge >= 0.3 is 0 Å². The fourth-order valence-electron chi connectivity index (χ4n) is 4.92. The summed E-state index contributed by atoms with van der Waals surface area (Å²) >= 11 is 14.2. The number of rotatable bonds is 4. The number of halogens is 2. The van der Waals surface area contributed by atoms with Crippen LogP contribution in [0.5, 0.6) is 0 Å². The fourth-order valence-corrected chi connectivity index (χ4v) is 6.67. The van der Waals surface area contributed by atoms with Crippen molar-refractivity contribution in [2.75, 3.05) is 31.1 Å². The summed E-state index contributed by atoms with van der Waals surface area (Å²) in [5, 5.41) is 2.19. The maximum Gasteiger partial charge on any atom is 0.255 e. The molecular weight excluding hydrogens is 487 g/mol. The molecular formula is C26H30Cl2N4OS. The van der Waals surface area contributed by atoms with Gasteiger partial charge in [-0.25, -0.2) is 9.97 Å². The summed E-state index contributed by atoms with van der Waals surface area (Å²) in [7, 11) is 0. The smallest absolute Gasteiger partial charge is 0.255 e. The summed E-state index contributed by atoms with van der Waals surface area (Å²) in [6.45, 7) is 7.15. The first-order valence-corrected chi connectivity index (χ1v) is 13.8. The Balaban J connectivity index is 1.45. The van der Waals surface area contributed by atoms with Crippen LogP contribution in [0.3, 0.4) is 0 Å². The van der Waals surface area contributed by atoms with E-state index in [1.54, 1.807) is 18.2 Å². The minimum atomic E-state index is -0.0427. The molecule has 2 aromatic heterocycles. The second-order valence-corrected chi connectivity index (χ2v) is 11.3. The molecule has 1 unspecified atom stereocenters. The molecule has 8 heteroatoms. The normalized spacial score (nSPS) is 17.5. The summed E-state index contributed by atoms with van der Waals surface area (Å²) in [5.74, 6) is 2.28. The Hall–Kier alpha value is -1.89. The van der Waals surface area contributed by atoms with Gasteiger partial charge in [0, 0.05) is 42.0 Å². The molecule has 1 aliphatic carbocycles. The summed E-state index contributed by atoms with van der Waals surface area (Å²) in [4.78, 5) is 30.2. The lowest BCUT2D eigenvalue weighted by molar-refractivity contribution is 0.0747. The van der Waals surface area contributed by atoms with Crippen molar-refractivity contribution in [2.24, 2.45) is 0 Å². The molecule has 2 aliphatic rings. The van der Waals surface area contributed by atoms with Crippen LogP contribution in [0.15, 0.2) is 18.2 Å². The maximum atomic E-state index is 13.1. The minimum absolute atomic E-state index is 0.0427. The molecule has 5 nitrogen and oxygen atoms in total. The quantitative estimate of drug-likeness (QED) is 0.360. The lowest BCUT2D eigenvalue weighted by atomic mass is 10.1. The number of thiophene rings is 1. The van der Waals surface area contributed by atoms with Crippen molar-refractivity contribution >= 4 is 56.5 Å². The molecule has 1 aliphatic heterocycles. The molecule has 3 heterocycles. The fraction of sp³-hybridized carbons (Fsp3) is 0.500. The molecule has 180 valence electrons. The Labute approximate surface area is 215 Å². The second-order valence-electron chi connectivity index (χ2n) is 9.36. The molecule has 0 spiro atoms. The van der Waals surface area contributed by atoms with Gasteiger partial charge in [-0.15, -0.1) is 11.3 Å². The highest BCUT2D eigenvalue weighted by Crippen LogP contribution is 2.40. The van der Waals surface area contributed by atoms with Gasteiger partial charge in [-0.3, -0.25) is 4.79 Å². The third-order valence-corrected chi connectivity index (χ3v) is 8.88. The predicted molar refractivity (Wildman–Crippen MR) is 142 cm³/mol. The summed E-state index contributed by atoms with van der Waals surface area (Å²) in [6.07, 6.45) is 7.06. The number of aromatic nitrogens is 2. The Morgan fingerprint density at radius 3 is 2.59 bits per heavy atom. The predicted octanol–water partition coefficient (Wildman–Crippen LogP) is 6.74. The number of aryl methyl sites for hydroxylation is 2. The van der Waals surface area contributed by atoms with Crippen LogP contribution in [-0.4, -0.2) is 47.0 Å².